The minimum Gasteiger partial charge on any atom is -0.478 e. The Morgan fingerprint density at radius 3 is 2.81 bits per heavy atom. The first-order valence-electron chi connectivity index (χ1n) is 5.37. The van der Waals surface area contributed by atoms with Crippen LogP contribution < -0.4 is 5.46 Å². The molecular formula is C11H11BO4. The van der Waals surface area contributed by atoms with Crippen molar-refractivity contribution in [1.29, 1.82) is 0 Å². The van der Waals surface area contributed by atoms with Crippen molar-refractivity contribution in [3.63, 3.8) is 0 Å². The summed E-state index contributed by atoms with van der Waals surface area (Å²) in [5.74, 6) is -0.638. The van der Waals surface area contributed by atoms with Crippen LogP contribution in [0.5, 0.6) is 0 Å². The van der Waals surface area contributed by atoms with Crippen molar-refractivity contribution in [2.45, 2.75) is 25.4 Å². The fraction of sp³-hybridized carbons (Fsp3) is 0.364. The van der Waals surface area contributed by atoms with Crippen LogP contribution in [0.15, 0.2) is 12.1 Å². The Balaban J connectivity index is 2.22. The Labute approximate surface area is 93.0 Å². The van der Waals surface area contributed by atoms with E-state index in [-0.39, 0.29) is 5.92 Å². The lowest BCUT2D eigenvalue weighted by atomic mass is 9.73. The maximum Gasteiger partial charge on any atom is 0.492 e. The van der Waals surface area contributed by atoms with Crippen LogP contribution in [0.2, 0.25) is 0 Å². The lowest BCUT2D eigenvalue weighted by Gasteiger charge is -2.10. The van der Waals surface area contributed by atoms with Gasteiger partial charge in [0.1, 0.15) is 0 Å². The number of carboxylic acid groups (broad SMARTS) is 1. The standard InChI is InChI=1S/C11H11BO4/c13-11(14)8-4-3-7-5-16-12(15)10(7)9(8)6-1-2-6/h3-4,6,15H,1-2,5H2,(H,13,14). The van der Waals surface area contributed by atoms with E-state index in [9.17, 15) is 9.82 Å². The normalized spacial score (nSPS) is 18.7. The van der Waals surface area contributed by atoms with Gasteiger partial charge in [-0.3, -0.25) is 0 Å². The van der Waals surface area contributed by atoms with Crippen LogP contribution in [0, 0.1) is 0 Å². The number of fused-ring (bicyclic) bond motifs is 1. The Hall–Kier alpha value is -1.33. The number of carbonyl (C=O) groups is 1. The summed E-state index contributed by atoms with van der Waals surface area (Å²) in [5.41, 5.74) is 2.71. The number of benzene rings is 1. The fourth-order valence-electron chi connectivity index (χ4n) is 2.35. The van der Waals surface area contributed by atoms with Crippen LogP contribution in [0.1, 0.15) is 40.2 Å². The van der Waals surface area contributed by atoms with Crippen LogP contribution in [0.3, 0.4) is 0 Å². The molecule has 0 saturated heterocycles. The first-order valence-corrected chi connectivity index (χ1v) is 5.37. The third-order valence-corrected chi connectivity index (χ3v) is 3.24. The summed E-state index contributed by atoms with van der Waals surface area (Å²) in [6.45, 7) is 0.371. The Bertz CT molecular complexity index is 467. The molecule has 0 atom stereocenters. The SMILES string of the molecule is O=C(O)c1ccc2c(c1C1CC1)B(O)OC2. The highest BCUT2D eigenvalue weighted by atomic mass is 16.5. The molecule has 0 radical (unpaired) electrons. The predicted octanol–water partition coefficient (Wildman–Crippen LogP) is 0.480. The predicted molar refractivity (Wildman–Crippen MR) is 57.8 cm³/mol. The third-order valence-electron chi connectivity index (χ3n) is 3.24. The zero-order valence-corrected chi connectivity index (χ0v) is 8.64. The lowest BCUT2D eigenvalue weighted by molar-refractivity contribution is 0.0695. The summed E-state index contributed by atoms with van der Waals surface area (Å²) in [6.07, 6.45) is 2.01. The van der Waals surface area contributed by atoms with Crippen molar-refractivity contribution in [3.8, 4) is 0 Å². The zero-order chi connectivity index (χ0) is 11.3. The average molecular weight is 218 g/mol. The molecule has 0 amide bonds. The van der Waals surface area contributed by atoms with Gasteiger partial charge in [0.25, 0.3) is 0 Å². The fourth-order valence-corrected chi connectivity index (χ4v) is 2.35. The summed E-state index contributed by atoms with van der Waals surface area (Å²) in [4.78, 5) is 11.1. The van der Waals surface area contributed by atoms with E-state index < -0.39 is 13.1 Å². The number of carboxylic acids is 1. The lowest BCUT2D eigenvalue weighted by Crippen LogP contribution is -2.32. The van der Waals surface area contributed by atoms with Gasteiger partial charge in [-0.05, 0) is 41.4 Å². The van der Waals surface area contributed by atoms with E-state index in [0.29, 0.717) is 17.6 Å². The molecule has 4 nitrogen and oxygen atoms in total. The molecule has 0 spiro atoms. The maximum absolute atomic E-state index is 11.1. The molecule has 1 aromatic carbocycles. The smallest absolute Gasteiger partial charge is 0.478 e. The average Bonchev–Trinajstić information content (AvgIpc) is 3.02. The highest BCUT2D eigenvalue weighted by Crippen LogP contribution is 2.42. The number of hydrogen-bond donors (Lipinski definition) is 2. The van der Waals surface area contributed by atoms with E-state index in [1.54, 1.807) is 12.1 Å². The molecule has 1 aromatic rings. The number of aromatic carboxylic acids is 1. The van der Waals surface area contributed by atoms with Crippen molar-refractivity contribution in [3.05, 3.63) is 28.8 Å². The molecule has 5 heteroatoms. The molecule has 3 rings (SSSR count). The molecular weight excluding hydrogens is 207 g/mol. The van der Waals surface area contributed by atoms with Gasteiger partial charge in [0.15, 0.2) is 0 Å². The van der Waals surface area contributed by atoms with Gasteiger partial charge < -0.3 is 14.8 Å². The van der Waals surface area contributed by atoms with Crippen LogP contribution in [-0.2, 0) is 11.3 Å². The van der Waals surface area contributed by atoms with E-state index >= 15 is 0 Å². The van der Waals surface area contributed by atoms with Crippen molar-refractivity contribution < 1.29 is 19.6 Å². The maximum atomic E-state index is 11.1. The van der Waals surface area contributed by atoms with Crippen molar-refractivity contribution in [2.75, 3.05) is 0 Å². The molecule has 0 unspecified atom stereocenters. The van der Waals surface area contributed by atoms with Gasteiger partial charge in [0.2, 0.25) is 0 Å². The Kier molecular flexibility index (Phi) is 2.06. The van der Waals surface area contributed by atoms with E-state index in [1.165, 1.54) is 0 Å². The number of hydrogen-bond acceptors (Lipinski definition) is 3. The molecule has 1 heterocycles. The van der Waals surface area contributed by atoms with Gasteiger partial charge in [-0.15, -0.1) is 0 Å². The summed E-state index contributed by atoms with van der Waals surface area (Å²) in [7, 11) is -0.954. The highest BCUT2D eigenvalue weighted by Gasteiger charge is 2.38. The first-order chi connectivity index (χ1) is 7.68. The molecule has 0 aromatic heterocycles. The third kappa shape index (κ3) is 1.36. The summed E-state index contributed by atoms with van der Waals surface area (Å²) >= 11 is 0. The van der Waals surface area contributed by atoms with Gasteiger partial charge in [-0.1, -0.05) is 6.07 Å². The second-order valence-corrected chi connectivity index (χ2v) is 4.34. The second-order valence-electron chi connectivity index (χ2n) is 4.34. The topological polar surface area (TPSA) is 66.8 Å². The molecule has 1 fully saturated rings. The molecule has 1 aliphatic heterocycles. The quantitative estimate of drug-likeness (QED) is 0.708. The molecule has 1 aliphatic carbocycles. The minimum absolute atomic E-state index is 0.289. The van der Waals surface area contributed by atoms with Gasteiger partial charge in [-0.2, -0.15) is 0 Å². The van der Waals surface area contributed by atoms with Crippen LogP contribution in [0.4, 0.5) is 0 Å². The van der Waals surface area contributed by atoms with Crippen molar-refractivity contribution in [2.24, 2.45) is 0 Å². The second kappa shape index (κ2) is 3.33. The highest BCUT2D eigenvalue weighted by molar-refractivity contribution is 6.62. The molecule has 16 heavy (non-hydrogen) atoms. The Morgan fingerprint density at radius 1 is 1.44 bits per heavy atom. The van der Waals surface area contributed by atoms with Crippen molar-refractivity contribution >= 4 is 18.6 Å². The van der Waals surface area contributed by atoms with E-state index in [0.717, 1.165) is 24.0 Å². The van der Waals surface area contributed by atoms with Gasteiger partial charge in [0.05, 0.1) is 12.2 Å². The summed E-state index contributed by atoms with van der Waals surface area (Å²) < 4.78 is 5.14. The minimum atomic E-state index is -0.954. The molecule has 0 bridgehead atoms. The van der Waals surface area contributed by atoms with Crippen LogP contribution >= 0.6 is 0 Å². The number of rotatable bonds is 2. The van der Waals surface area contributed by atoms with Gasteiger partial charge >= 0.3 is 13.1 Å². The molecule has 82 valence electrons. The van der Waals surface area contributed by atoms with Crippen molar-refractivity contribution in [1.82, 2.24) is 0 Å². The largest absolute Gasteiger partial charge is 0.492 e. The summed E-state index contributed by atoms with van der Waals surface area (Å²) in [6, 6.07) is 3.36. The van der Waals surface area contributed by atoms with Gasteiger partial charge in [-0.25, -0.2) is 4.79 Å². The molecule has 2 N–H and O–H groups in total. The first kappa shape index (κ1) is 9.87. The monoisotopic (exact) mass is 218 g/mol. The summed E-state index contributed by atoms with van der Waals surface area (Å²) in [5, 5.41) is 18.9. The van der Waals surface area contributed by atoms with E-state index in [1.807, 2.05) is 0 Å². The Morgan fingerprint density at radius 2 is 2.19 bits per heavy atom. The molecule has 1 saturated carbocycles. The van der Waals surface area contributed by atoms with Crippen LogP contribution in [0.25, 0.3) is 0 Å². The molecule has 2 aliphatic rings. The van der Waals surface area contributed by atoms with Crippen LogP contribution in [-0.4, -0.2) is 23.2 Å². The van der Waals surface area contributed by atoms with E-state index in [2.05, 4.69) is 0 Å². The van der Waals surface area contributed by atoms with E-state index in [4.69, 9.17) is 9.76 Å². The zero-order valence-electron chi connectivity index (χ0n) is 8.64. The van der Waals surface area contributed by atoms with Gasteiger partial charge in [0, 0.05) is 0 Å².